The van der Waals surface area contributed by atoms with Crippen LogP contribution in [0.4, 0.5) is 5.69 Å². The van der Waals surface area contributed by atoms with Gasteiger partial charge in [-0.05, 0) is 37.4 Å². The SMILES string of the molecule is Cc1nc(-c2ccc(NC(=O)c3sc(-c4ccsc4)nc3C)cc2)cs1. The molecule has 0 radical (unpaired) electrons. The summed E-state index contributed by atoms with van der Waals surface area (Å²) in [7, 11) is 0. The van der Waals surface area contributed by atoms with Crippen LogP contribution in [0.15, 0.2) is 46.5 Å². The minimum Gasteiger partial charge on any atom is -0.321 e. The number of thiazole rings is 2. The van der Waals surface area contributed by atoms with Crippen molar-refractivity contribution < 1.29 is 4.79 Å². The monoisotopic (exact) mass is 397 g/mol. The maximum atomic E-state index is 12.6. The van der Waals surface area contributed by atoms with E-state index in [2.05, 4.69) is 15.3 Å². The van der Waals surface area contributed by atoms with Gasteiger partial charge in [0.05, 0.1) is 16.4 Å². The number of nitrogens with zero attached hydrogens (tertiary/aromatic N) is 2. The molecule has 4 rings (SSSR count). The highest BCUT2D eigenvalue weighted by Crippen LogP contribution is 2.30. The van der Waals surface area contributed by atoms with Gasteiger partial charge in [0.25, 0.3) is 5.91 Å². The summed E-state index contributed by atoms with van der Waals surface area (Å²) >= 11 is 4.67. The molecule has 0 saturated heterocycles. The summed E-state index contributed by atoms with van der Waals surface area (Å²) in [6, 6.07) is 9.76. The van der Waals surface area contributed by atoms with E-state index in [0.29, 0.717) is 4.88 Å². The molecule has 0 bridgehead atoms. The number of thiophene rings is 1. The summed E-state index contributed by atoms with van der Waals surface area (Å²) in [5.41, 5.74) is 4.58. The number of hydrogen-bond donors (Lipinski definition) is 1. The number of aryl methyl sites for hydroxylation is 2. The lowest BCUT2D eigenvalue weighted by molar-refractivity contribution is 0.103. The largest absolute Gasteiger partial charge is 0.321 e. The number of hydrogen-bond acceptors (Lipinski definition) is 6. The number of anilines is 1. The van der Waals surface area contributed by atoms with Crippen molar-refractivity contribution in [1.82, 2.24) is 9.97 Å². The average Bonchev–Trinajstić information content (AvgIpc) is 3.36. The predicted molar refractivity (Wildman–Crippen MR) is 110 cm³/mol. The van der Waals surface area contributed by atoms with Gasteiger partial charge < -0.3 is 5.32 Å². The second-order valence-corrected chi connectivity index (χ2v) is 8.57. The van der Waals surface area contributed by atoms with Gasteiger partial charge in [-0.3, -0.25) is 4.79 Å². The molecule has 0 aliphatic carbocycles. The lowest BCUT2D eigenvalue weighted by Crippen LogP contribution is -2.11. The van der Waals surface area contributed by atoms with E-state index in [0.717, 1.165) is 38.2 Å². The van der Waals surface area contributed by atoms with Crippen LogP contribution < -0.4 is 5.32 Å². The Morgan fingerprint density at radius 1 is 1.00 bits per heavy atom. The van der Waals surface area contributed by atoms with Crippen LogP contribution in [0.1, 0.15) is 20.4 Å². The Labute approximate surface area is 163 Å². The third-order valence-electron chi connectivity index (χ3n) is 3.83. The van der Waals surface area contributed by atoms with E-state index >= 15 is 0 Å². The van der Waals surface area contributed by atoms with E-state index in [4.69, 9.17) is 0 Å². The molecule has 0 atom stereocenters. The number of carbonyl (C=O) groups is 1. The quantitative estimate of drug-likeness (QED) is 0.469. The minimum atomic E-state index is -0.126. The highest BCUT2D eigenvalue weighted by Gasteiger charge is 2.16. The summed E-state index contributed by atoms with van der Waals surface area (Å²) in [5, 5.41) is 11.0. The number of aromatic nitrogens is 2. The van der Waals surface area contributed by atoms with Crippen LogP contribution in [0.25, 0.3) is 21.8 Å². The van der Waals surface area contributed by atoms with Crippen molar-refractivity contribution in [2.75, 3.05) is 5.32 Å². The lowest BCUT2D eigenvalue weighted by Gasteiger charge is -2.05. The van der Waals surface area contributed by atoms with Crippen molar-refractivity contribution >= 4 is 45.6 Å². The highest BCUT2D eigenvalue weighted by atomic mass is 32.1. The molecule has 0 saturated carbocycles. The van der Waals surface area contributed by atoms with Crippen LogP contribution in [-0.4, -0.2) is 15.9 Å². The fraction of sp³-hybridized carbons (Fsp3) is 0.105. The maximum Gasteiger partial charge on any atom is 0.267 e. The van der Waals surface area contributed by atoms with Gasteiger partial charge in [0.1, 0.15) is 9.88 Å². The van der Waals surface area contributed by atoms with Crippen molar-refractivity contribution in [3.63, 3.8) is 0 Å². The minimum absolute atomic E-state index is 0.126. The van der Waals surface area contributed by atoms with Crippen LogP contribution in [0, 0.1) is 13.8 Å². The maximum absolute atomic E-state index is 12.6. The van der Waals surface area contributed by atoms with Crippen LogP contribution in [0.2, 0.25) is 0 Å². The fourth-order valence-corrected chi connectivity index (χ4v) is 4.82. The third-order valence-corrected chi connectivity index (χ3v) is 6.49. The highest BCUT2D eigenvalue weighted by molar-refractivity contribution is 7.17. The van der Waals surface area contributed by atoms with Crippen molar-refractivity contribution in [1.29, 1.82) is 0 Å². The molecule has 7 heteroatoms. The van der Waals surface area contributed by atoms with Crippen LogP contribution in [0.3, 0.4) is 0 Å². The summed E-state index contributed by atoms with van der Waals surface area (Å²) in [6.07, 6.45) is 0. The zero-order valence-corrected chi connectivity index (χ0v) is 16.6. The van der Waals surface area contributed by atoms with E-state index in [-0.39, 0.29) is 5.91 Å². The summed E-state index contributed by atoms with van der Waals surface area (Å²) in [5.74, 6) is -0.126. The van der Waals surface area contributed by atoms with E-state index in [1.165, 1.54) is 11.3 Å². The number of benzene rings is 1. The van der Waals surface area contributed by atoms with E-state index in [1.54, 1.807) is 22.7 Å². The second kappa shape index (κ2) is 7.11. The molecule has 0 fully saturated rings. The molecule has 1 N–H and O–H groups in total. The number of nitrogens with one attached hydrogen (secondary N) is 1. The first kappa shape index (κ1) is 17.1. The number of carbonyl (C=O) groups excluding carboxylic acids is 1. The first-order valence-corrected chi connectivity index (χ1v) is 10.6. The van der Waals surface area contributed by atoms with Crippen LogP contribution in [0.5, 0.6) is 0 Å². The summed E-state index contributed by atoms with van der Waals surface area (Å²) < 4.78 is 0. The van der Waals surface area contributed by atoms with Crippen molar-refractivity contribution in [2.45, 2.75) is 13.8 Å². The molecule has 3 aromatic heterocycles. The molecule has 130 valence electrons. The molecule has 3 heterocycles. The van der Waals surface area contributed by atoms with Gasteiger partial charge in [-0.25, -0.2) is 9.97 Å². The second-order valence-electron chi connectivity index (χ2n) is 5.73. The molecule has 1 amide bonds. The Bertz CT molecular complexity index is 1050. The molecular weight excluding hydrogens is 382 g/mol. The zero-order valence-electron chi connectivity index (χ0n) is 14.1. The summed E-state index contributed by atoms with van der Waals surface area (Å²) in [4.78, 5) is 22.3. The molecule has 0 aliphatic heterocycles. The standard InChI is InChI=1S/C19H15N3OS3/c1-11-17(26-19(20-11)14-7-8-24-9-14)18(23)22-15-5-3-13(4-6-15)16-10-25-12(2)21-16/h3-10H,1-2H3,(H,22,23). The molecule has 26 heavy (non-hydrogen) atoms. The smallest absolute Gasteiger partial charge is 0.267 e. The molecule has 0 spiro atoms. The Morgan fingerprint density at radius 2 is 1.81 bits per heavy atom. The molecule has 0 aliphatic rings. The fourth-order valence-electron chi connectivity index (χ4n) is 2.52. The Morgan fingerprint density at radius 3 is 2.46 bits per heavy atom. The van der Waals surface area contributed by atoms with Gasteiger partial charge in [-0.15, -0.1) is 22.7 Å². The number of amides is 1. The van der Waals surface area contributed by atoms with E-state index in [1.807, 2.05) is 60.3 Å². The van der Waals surface area contributed by atoms with Gasteiger partial charge in [-0.2, -0.15) is 11.3 Å². The topological polar surface area (TPSA) is 54.9 Å². The van der Waals surface area contributed by atoms with Crippen LogP contribution >= 0.6 is 34.0 Å². The van der Waals surface area contributed by atoms with Gasteiger partial charge >= 0.3 is 0 Å². The molecular formula is C19H15N3OS3. The average molecular weight is 398 g/mol. The first-order valence-electron chi connectivity index (χ1n) is 7.94. The Kier molecular flexibility index (Phi) is 4.67. The normalized spacial score (nSPS) is 10.8. The predicted octanol–water partition coefficient (Wildman–Crippen LogP) is 5.86. The molecule has 0 unspecified atom stereocenters. The Hall–Kier alpha value is -2.35. The van der Waals surface area contributed by atoms with E-state index < -0.39 is 0 Å². The first-order chi connectivity index (χ1) is 12.6. The molecule has 1 aromatic carbocycles. The molecule has 4 aromatic rings. The van der Waals surface area contributed by atoms with Crippen molar-refractivity contribution in [3.05, 3.63) is 62.1 Å². The van der Waals surface area contributed by atoms with E-state index in [9.17, 15) is 4.79 Å². The summed E-state index contributed by atoms with van der Waals surface area (Å²) in [6.45, 7) is 3.86. The number of rotatable bonds is 4. The third kappa shape index (κ3) is 3.46. The van der Waals surface area contributed by atoms with Gasteiger partial charge in [-0.1, -0.05) is 12.1 Å². The van der Waals surface area contributed by atoms with Gasteiger partial charge in [0, 0.05) is 27.6 Å². The van der Waals surface area contributed by atoms with Gasteiger partial charge in [0.15, 0.2) is 0 Å². The van der Waals surface area contributed by atoms with Crippen LogP contribution in [-0.2, 0) is 0 Å². The lowest BCUT2D eigenvalue weighted by atomic mass is 10.1. The Balaban J connectivity index is 1.51. The van der Waals surface area contributed by atoms with Crippen molar-refractivity contribution in [2.24, 2.45) is 0 Å². The molecule has 4 nitrogen and oxygen atoms in total. The zero-order chi connectivity index (χ0) is 18.1. The van der Waals surface area contributed by atoms with Gasteiger partial charge in [0.2, 0.25) is 0 Å². The van der Waals surface area contributed by atoms with Crippen molar-refractivity contribution in [3.8, 4) is 21.8 Å².